The van der Waals surface area contributed by atoms with Crippen molar-refractivity contribution in [2.75, 3.05) is 0 Å². The number of hydrogen-bond donors (Lipinski definition) is 1. The van der Waals surface area contributed by atoms with Gasteiger partial charge in [-0.2, -0.15) is 0 Å². The molecule has 0 amide bonds. The molecule has 110 valence electrons. The third-order valence-corrected chi connectivity index (χ3v) is 3.04. The SMILES string of the molecule is Cc1cc(Oc2cccc([N+](=O)[O-])c2)c(C(C)N)cc1F. The summed E-state index contributed by atoms with van der Waals surface area (Å²) in [6.07, 6.45) is 0. The Bertz CT molecular complexity index is 687. The number of nitrogens with zero attached hydrogens (tertiary/aromatic N) is 1. The topological polar surface area (TPSA) is 78.4 Å². The van der Waals surface area contributed by atoms with E-state index in [0.717, 1.165) is 0 Å². The standard InChI is InChI=1S/C15H15FN2O3/c1-9-6-15(13(10(2)17)8-14(9)16)21-12-5-3-4-11(7-12)18(19)20/h3-8,10H,17H2,1-2H3. The quantitative estimate of drug-likeness (QED) is 0.685. The highest BCUT2D eigenvalue weighted by Crippen LogP contribution is 2.32. The van der Waals surface area contributed by atoms with Crippen LogP contribution < -0.4 is 10.5 Å². The Balaban J connectivity index is 2.41. The van der Waals surface area contributed by atoms with Crippen LogP contribution in [0.1, 0.15) is 24.1 Å². The van der Waals surface area contributed by atoms with Gasteiger partial charge in [-0.15, -0.1) is 0 Å². The summed E-state index contributed by atoms with van der Waals surface area (Å²) in [6, 6.07) is 8.23. The first kappa shape index (κ1) is 14.9. The molecule has 0 aliphatic heterocycles. The molecule has 1 atom stereocenters. The summed E-state index contributed by atoms with van der Waals surface area (Å²) < 4.78 is 19.3. The van der Waals surface area contributed by atoms with Gasteiger partial charge in [-0.25, -0.2) is 4.39 Å². The summed E-state index contributed by atoms with van der Waals surface area (Å²) in [6.45, 7) is 3.32. The molecule has 2 N–H and O–H groups in total. The summed E-state index contributed by atoms with van der Waals surface area (Å²) >= 11 is 0. The number of benzene rings is 2. The normalized spacial score (nSPS) is 12.0. The molecule has 0 aliphatic rings. The molecule has 0 heterocycles. The molecular weight excluding hydrogens is 275 g/mol. The fourth-order valence-electron chi connectivity index (χ4n) is 1.90. The fraction of sp³-hybridized carbons (Fsp3) is 0.200. The molecule has 0 saturated carbocycles. The second-order valence-corrected chi connectivity index (χ2v) is 4.78. The second-order valence-electron chi connectivity index (χ2n) is 4.78. The van der Waals surface area contributed by atoms with Crippen LogP contribution in [0.15, 0.2) is 36.4 Å². The zero-order valence-corrected chi connectivity index (χ0v) is 11.7. The molecule has 2 aromatic rings. The summed E-state index contributed by atoms with van der Waals surface area (Å²) in [5.74, 6) is 0.329. The van der Waals surface area contributed by atoms with Crippen LogP contribution in [-0.2, 0) is 0 Å². The molecule has 0 bridgehead atoms. The number of hydrogen-bond acceptors (Lipinski definition) is 4. The fourth-order valence-corrected chi connectivity index (χ4v) is 1.90. The van der Waals surface area contributed by atoms with Crippen LogP contribution in [0, 0.1) is 22.9 Å². The van der Waals surface area contributed by atoms with Gasteiger partial charge in [0.05, 0.1) is 11.0 Å². The van der Waals surface area contributed by atoms with E-state index < -0.39 is 11.0 Å². The van der Waals surface area contributed by atoms with Gasteiger partial charge in [-0.1, -0.05) is 6.07 Å². The Morgan fingerprint density at radius 2 is 2.05 bits per heavy atom. The predicted octanol–water partition coefficient (Wildman–Crippen LogP) is 3.85. The van der Waals surface area contributed by atoms with Gasteiger partial charge < -0.3 is 10.5 Å². The van der Waals surface area contributed by atoms with E-state index in [1.165, 1.54) is 30.3 Å². The highest BCUT2D eigenvalue weighted by molar-refractivity contribution is 5.45. The third-order valence-electron chi connectivity index (χ3n) is 3.04. The first-order chi connectivity index (χ1) is 9.88. The van der Waals surface area contributed by atoms with Gasteiger partial charge in [0, 0.05) is 17.7 Å². The monoisotopic (exact) mass is 290 g/mol. The molecule has 21 heavy (non-hydrogen) atoms. The zero-order chi connectivity index (χ0) is 15.6. The van der Waals surface area contributed by atoms with Crippen molar-refractivity contribution >= 4 is 5.69 Å². The van der Waals surface area contributed by atoms with Crippen LogP contribution in [0.4, 0.5) is 10.1 Å². The van der Waals surface area contributed by atoms with Crippen molar-refractivity contribution in [3.05, 3.63) is 63.5 Å². The van der Waals surface area contributed by atoms with Crippen molar-refractivity contribution < 1.29 is 14.1 Å². The van der Waals surface area contributed by atoms with Crippen molar-refractivity contribution in [1.82, 2.24) is 0 Å². The molecular formula is C15H15FN2O3. The second kappa shape index (κ2) is 5.88. The summed E-state index contributed by atoms with van der Waals surface area (Å²) in [7, 11) is 0. The van der Waals surface area contributed by atoms with Crippen molar-refractivity contribution in [3.63, 3.8) is 0 Å². The smallest absolute Gasteiger partial charge is 0.273 e. The van der Waals surface area contributed by atoms with E-state index in [2.05, 4.69) is 0 Å². The van der Waals surface area contributed by atoms with Crippen LogP contribution >= 0.6 is 0 Å². The first-order valence-corrected chi connectivity index (χ1v) is 6.36. The zero-order valence-electron chi connectivity index (χ0n) is 11.7. The maximum atomic E-state index is 13.6. The van der Waals surface area contributed by atoms with Crippen LogP contribution in [-0.4, -0.2) is 4.92 Å². The maximum absolute atomic E-state index is 13.6. The minimum absolute atomic E-state index is 0.0753. The Hall–Kier alpha value is -2.47. The Labute approximate surface area is 121 Å². The van der Waals surface area contributed by atoms with E-state index in [0.29, 0.717) is 22.6 Å². The largest absolute Gasteiger partial charge is 0.457 e. The summed E-state index contributed by atoms with van der Waals surface area (Å²) in [4.78, 5) is 10.3. The highest BCUT2D eigenvalue weighted by Gasteiger charge is 2.14. The molecule has 0 saturated heterocycles. The molecule has 6 heteroatoms. The molecule has 2 rings (SSSR count). The maximum Gasteiger partial charge on any atom is 0.273 e. The average molecular weight is 290 g/mol. The van der Waals surface area contributed by atoms with E-state index in [9.17, 15) is 14.5 Å². The lowest BCUT2D eigenvalue weighted by Crippen LogP contribution is -2.08. The Kier molecular flexibility index (Phi) is 4.18. The number of ether oxygens (including phenoxy) is 1. The Morgan fingerprint density at radius 3 is 2.67 bits per heavy atom. The average Bonchev–Trinajstić information content (AvgIpc) is 2.42. The van der Waals surface area contributed by atoms with E-state index in [-0.39, 0.29) is 11.5 Å². The van der Waals surface area contributed by atoms with E-state index >= 15 is 0 Å². The summed E-state index contributed by atoms with van der Waals surface area (Å²) in [5.41, 5.74) is 6.66. The summed E-state index contributed by atoms with van der Waals surface area (Å²) in [5, 5.41) is 10.8. The van der Waals surface area contributed by atoms with Crippen molar-refractivity contribution in [2.45, 2.75) is 19.9 Å². The van der Waals surface area contributed by atoms with Crippen molar-refractivity contribution in [1.29, 1.82) is 0 Å². The lowest BCUT2D eigenvalue weighted by atomic mass is 10.1. The van der Waals surface area contributed by atoms with E-state index in [1.807, 2.05) is 0 Å². The molecule has 0 aliphatic carbocycles. The predicted molar refractivity (Wildman–Crippen MR) is 76.9 cm³/mol. The van der Waals surface area contributed by atoms with Crippen LogP contribution in [0.5, 0.6) is 11.5 Å². The highest BCUT2D eigenvalue weighted by atomic mass is 19.1. The number of nitro groups is 1. The molecule has 0 fully saturated rings. The van der Waals surface area contributed by atoms with E-state index in [4.69, 9.17) is 10.5 Å². The third kappa shape index (κ3) is 3.35. The van der Waals surface area contributed by atoms with Gasteiger partial charge in [-0.05, 0) is 37.6 Å². The van der Waals surface area contributed by atoms with Gasteiger partial charge >= 0.3 is 0 Å². The Morgan fingerprint density at radius 1 is 1.33 bits per heavy atom. The molecule has 0 radical (unpaired) electrons. The van der Waals surface area contributed by atoms with Crippen LogP contribution in [0.3, 0.4) is 0 Å². The van der Waals surface area contributed by atoms with Gasteiger partial charge in [-0.3, -0.25) is 10.1 Å². The van der Waals surface area contributed by atoms with Gasteiger partial charge in [0.1, 0.15) is 17.3 Å². The lowest BCUT2D eigenvalue weighted by Gasteiger charge is -2.15. The molecule has 0 aromatic heterocycles. The minimum atomic E-state index is -0.505. The number of non-ortho nitro benzene ring substituents is 1. The van der Waals surface area contributed by atoms with E-state index in [1.54, 1.807) is 19.9 Å². The molecule has 1 unspecified atom stereocenters. The van der Waals surface area contributed by atoms with Gasteiger partial charge in [0.15, 0.2) is 0 Å². The first-order valence-electron chi connectivity index (χ1n) is 6.36. The van der Waals surface area contributed by atoms with Gasteiger partial charge in [0.25, 0.3) is 5.69 Å². The number of nitrogens with two attached hydrogens (primary N) is 1. The molecule has 5 nitrogen and oxygen atoms in total. The van der Waals surface area contributed by atoms with Crippen LogP contribution in [0.25, 0.3) is 0 Å². The molecule has 0 spiro atoms. The number of aryl methyl sites for hydroxylation is 1. The number of rotatable bonds is 4. The molecule has 2 aromatic carbocycles. The minimum Gasteiger partial charge on any atom is -0.457 e. The van der Waals surface area contributed by atoms with Crippen LogP contribution in [0.2, 0.25) is 0 Å². The number of nitro benzene ring substituents is 1. The number of halogens is 1. The van der Waals surface area contributed by atoms with Gasteiger partial charge in [0.2, 0.25) is 0 Å². The van der Waals surface area contributed by atoms with Crippen molar-refractivity contribution in [3.8, 4) is 11.5 Å². The lowest BCUT2D eigenvalue weighted by molar-refractivity contribution is -0.384. The van der Waals surface area contributed by atoms with Crippen molar-refractivity contribution in [2.24, 2.45) is 5.73 Å².